The zero-order valence-electron chi connectivity index (χ0n) is 12.7. The van der Waals surface area contributed by atoms with Crippen LogP contribution in [-0.4, -0.2) is 7.11 Å². The van der Waals surface area contributed by atoms with Crippen molar-refractivity contribution in [3.8, 4) is 11.5 Å². The summed E-state index contributed by atoms with van der Waals surface area (Å²) in [5, 5.41) is 0. The molecule has 0 saturated heterocycles. The maximum absolute atomic E-state index is 6.18. The fourth-order valence-corrected chi connectivity index (χ4v) is 2.25. The van der Waals surface area contributed by atoms with Gasteiger partial charge in [0.25, 0.3) is 0 Å². The lowest BCUT2D eigenvalue weighted by molar-refractivity contribution is 0.284. The molecule has 112 valence electrons. The van der Waals surface area contributed by atoms with E-state index in [4.69, 9.17) is 15.2 Å². The second-order valence-electron chi connectivity index (χ2n) is 5.08. The summed E-state index contributed by atoms with van der Waals surface area (Å²) < 4.78 is 11.3. The van der Waals surface area contributed by atoms with Crippen LogP contribution in [0.4, 0.5) is 0 Å². The van der Waals surface area contributed by atoms with Crippen LogP contribution in [0, 0.1) is 0 Å². The first-order valence-electron chi connectivity index (χ1n) is 7.34. The van der Waals surface area contributed by atoms with Crippen molar-refractivity contribution in [2.45, 2.75) is 32.4 Å². The van der Waals surface area contributed by atoms with Gasteiger partial charge in [-0.05, 0) is 29.7 Å². The highest BCUT2D eigenvalue weighted by Gasteiger charge is 2.10. The first kappa shape index (κ1) is 15.4. The summed E-state index contributed by atoms with van der Waals surface area (Å²) in [4.78, 5) is 0. The smallest absolute Gasteiger partial charge is 0.161 e. The minimum atomic E-state index is 0.0416. The molecule has 2 rings (SSSR count). The lowest BCUT2D eigenvalue weighted by Gasteiger charge is -2.15. The van der Waals surface area contributed by atoms with E-state index >= 15 is 0 Å². The Morgan fingerprint density at radius 2 is 1.81 bits per heavy atom. The topological polar surface area (TPSA) is 44.5 Å². The van der Waals surface area contributed by atoms with Gasteiger partial charge in [0.15, 0.2) is 11.5 Å². The highest BCUT2D eigenvalue weighted by atomic mass is 16.5. The Morgan fingerprint density at radius 3 is 2.48 bits per heavy atom. The first-order chi connectivity index (χ1) is 10.2. The third-order valence-corrected chi connectivity index (χ3v) is 3.45. The van der Waals surface area contributed by atoms with Gasteiger partial charge in [0.05, 0.1) is 7.11 Å². The van der Waals surface area contributed by atoms with E-state index in [9.17, 15) is 0 Å². The van der Waals surface area contributed by atoms with Crippen LogP contribution in [0.3, 0.4) is 0 Å². The van der Waals surface area contributed by atoms with E-state index in [1.807, 2.05) is 48.5 Å². The minimum absolute atomic E-state index is 0.0416. The molecule has 3 heteroatoms. The standard InChI is InChI=1S/C18H23NO2/c1-3-7-16(19)15-10-11-17(20-2)18(12-15)21-13-14-8-5-4-6-9-14/h4-6,8-12,16H,3,7,13,19H2,1-2H3/t16-/m1/s1. The molecule has 3 nitrogen and oxygen atoms in total. The van der Waals surface area contributed by atoms with Crippen LogP contribution in [0.15, 0.2) is 48.5 Å². The summed E-state index contributed by atoms with van der Waals surface area (Å²) in [7, 11) is 1.65. The fraction of sp³-hybridized carbons (Fsp3) is 0.333. The molecule has 0 fully saturated rings. The van der Waals surface area contributed by atoms with Gasteiger partial charge in [0.2, 0.25) is 0 Å². The first-order valence-corrected chi connectivity index (χ1v) is 7.34. The van der Waals surface area contributed by atoms with Gasteiger partial charge >= 0.3 is 0 Å². The van der Waals surface area contributed by atoms with Gasteiger partial charge in [-0.2, -0.15) is 0 Å². The minimum Gasteiger partial charge on any atom is -0.493 e. The van der Waals surface area contributed by atoms with Crippen molar-refractivity contribution >= 4 is 0 Å². The van der Waals surface area contributed by atoms with Gasteiger partial charge in [-0.25, -0.2) is 0 Å². The van der Waals surface area contributed by atoms with E-state index in [1.165, 1.54) is 0 Å². The summed E-state index contributed by atoms with van der Waals surface area (Å²) in [5.74, 6) is 1.48. The molecule has 0 spiro atoms. The molecule has 0 aromatic heterocycles. The third kappa shape index (κ3) is 4.23. The molecule has 0 aliphatic carbocycles. The molecule has 2 N–H and O–H groups in total. The molecule has 21 heavy (non-hydrogen) atoms. The fourth-order valence-electron chi connectivity index (χ4n) is 2.25. The highest BCUT2D eigenvalue weighted by Crippen LogP contribution is 2.31. The Balaban J connectivity index is 2.14. The van der Waals surface area contributed by atoms with Gasteiger partial charge in [0.1, 0.15) is 6.61 Å². The zero-order valence-corrected chi connectivity index (χ0v) is 12.7. The van der Waals surface area contributed by atoms with Crippen molar-refractivity contribution in [2.24, 2.45) is 5.73 Å². The molecular formula is C18H23NO2. The van der Waals surface area contributed by atoms with Crippen molar-refractivity contribution in [1.82, 2.24) is 0 Å². The summed E-state index contributed by atoms with van der Waals surface area (Å²) in [5.41, 5.74) is 8.39. The van der Waals surface area contributed by atoms with E-state index in [2.05, 4.69) is 6.92 Å². The van der Waals surface area contributed by atoms with E-state index in [0.29, 0.717) is 6.61 Å². The van der Waals surface area contributed by atoms with Gasteiger partial charge in [0, 0.05) is 6.04 Å². The Labute approximate surface area is 126 Å². The molecule has 1 atom stereocenters. The molecule has 0 aliphatic heterocycles. The van der Waals surface area contributed by atoms with E-state index in [1.54, 1.807) is 7.11 Å². The number of nitrogens with two attached hydrogens (primary N) is 1. The molecule has 0 heterocycles. The molecule has 0 amide bonds. The molecule has 0 bridgehead atoms. The normalized spacial score (nSPS) is 12.0. The molecule has 0 unspecified atom stereocenters. The number of ether oxygens (including phenoxy) is 2. The van der Waals surface area contributed by atoms with Crippen LogP contribution in [-0.2, 0) is 6.61 Å². The van der Waals surface area contributed by atoms with Crippen LogP contribution in [0.2, 0.25) is 0 Å². The number of hydrogen-bond donors (Lipinski definition) is 1. The van der Waals surface area contributed by atoms with E-state index < -0.39 is 0 Å². The zero-order chi connectivity index (χ0) is 15.1. The van der Waals surface area contributed by atoms with Crippen molar-refractivity contribution in [1.29, 1.82) is 0 Å². The molecule has 0 saturated carbocycles. The summed E-state index contributed by atoms with van der Waals surface area (Å²) in [6.45, 7) is 2.65. The molecular weight excluding hydrogens is 262 g/mol. The predicted molar refractivity (Wildman–Crippen MR) is 85.6 cm³/mol. The van der Waals surface area contributed by atoms with Crippen molar-refractivity contribution in [3.63, 3.8) is 0 Å². The Morgan fingerprint density at radius 1 is 1.05 bits per heavy atom. The van der Waals surface area contributed by atoms with Crippen molar-refractivity contribution in [2.75, 3.05) is 7.11 Å². The van der Waals surface area contributed by atoms with Gasteiger partial charge in [-0.3, -0.25) is 0 Å². The lowest BCUT2D eigenvalue weighted by atomic mass is 10.0. The Kier molecular flexibility index (Phi) is 5.64. The Bertz CT molecular complexity index is 554. The summed E-state index contributed by atoms with van der Waals surface area (Å²) >= 11 is 0. The Hall–Kier alpha value is -2.00. The van der Waals surface area contributed by atoms with Gasteiger partial charge in [-0.15, -0.1) is 0 Å². The van der Waals surface area contributed by atoms with Crippen LogP contribution < -0.4 is 15.2 Å². The van der Waals surface area contributed by atoms with Gasteiger partial charge in [-0.1, -0.05) is 49.7 Å². The monoisotopic (exact) mass is 285 g/mol. The highest BCUT2D eigenvalue weighted by molar-refractivity contribution is 5.44. The van der Waals surface area contributed by atoms with Crippen molar-refractivity contribution in [3.05, 3.63) is 59.7 Å². The average molecular weight is 285 g/mol. The van der Waals surface area contributed by atoms with Crippen LogP contribution in [0.5, 0.6) is 11.5 Å². The second-order valence-corrected chi connectivity index (χ2v) is 5.08. The van der Waals surface area contributed by atoms with Crippen molar-refractivity contribution < 1.29 is 9.47 Å². The van der Waals surface area contributed by atoms with Crippen LogP contribution in [0.1, 0.15) is 36.9 Å². The van der Waals surface area contributed by atoms with Crippen LogP contribution >= 0.6 is 0 Å². The van der Waals surface area contributed by atoms with Crippen LogP contribution in [0.25, 0.3) is 0 Å². The number of hydrogen-bond acceptors (Lipinski definition) is 3. The third-order valence-electron chi connectivity index (χ3n) is 3.45. The summed E-state index contributed by atoms with van der Waals surface area (Å²) in [6, 6.07) is 16.0. The largest absolute Gasteiger partial charge is 0.493 e. The lowest BCUT2D eigenvalue weighted by Crippen LogP contribution is -2.10. The number of rotatable bonds is 7. The maximum Gasteiger partial charge on any atom is 0.161 e. The molecule has 0 aliphatic rings. The average Bonchev–Trinajstić information content (AvgIpc) is 2.54. The second kappa shape index (κ2) is 7.70. The SMILES string of the molecule is CCC[C@@H](N)c1ccc(OC)c(OCc2ccccc2)c1. The molecule has 2 aromatic carbocycles. The quantitative estimate of drug-likeness (QED) is 0.834. The van der Waals surface area contributed by atoms with E-state index in [0.717, 1.165) is 35.5 Å². The van der Waals surface area contributed by atoms with E-state index in [-0.39, 0.29) is 6.04 Å². The maximum atomic E-state index is 6.18. The summed E-state index contributed by atoms with van der Waals surface area (Å²) in [6.07, 6.45) is 2.03. The molecule has 2 aromatic rings. The number of methoxy groups -OCH3 is 1. The predicted octanol–water partition coefficient (Wildman–Crippen LogP) is 4.07. The molecule has 0 radical (unpaired) electrons. The van der Waals surface area contributed by atoms with Gasteiger partial charge < -0.3 is 15.2 Å². The number of benzene rings is 2.